The number of para-hydroxylation sites is 1. The monoisotopic (exact) mass is 473 g/mol. The van der Waals surface area contributed by atoms with E-state index in [1.54, 1.807) is 12.1 Å². The van der Waals surface area contributed by atoms with Gasteiger partial charge in [0.2, 0.25) is 5.91 Å². The molecule has 1 heterocycles. The van der Waals surface area contributed by atoms with E-state index >= 15 is 0 Å². The number of nitrogens with one attached hydrogen (secondary N) is 1. The van der Waals surface area contributed by atoms with Crippen LogP contribution in [-0.4, -0.2) is 60.0 Å². The molecule has 0 bridgehead atoms. The number of carboxylic acids is 1. The molecule has 35 heavy (non-hydrogen) atoms. The Bertz CT molecular complexity index is 1130. The minimum atomic E-state index is -0.888. The molecule has 1 aliphatic rings. The average Bonchev–Trinajstić information content (AvgIpc) is 3.27. The zero-order chi connectivity index (χ0) is 24.6. The minimum Gasteiger partial charge on any atom is -0.478 e. The Balaban J connectivity index is 1.21. The maximum Gasteiger partial charge on any atom is 0.336 e. The molecule has 0 saturated carbocycles. The lowest BCUT2D eigenvalue weighted by atomic mass is 10.1. The van der Waals surface area contributed by atoms with Gasteiger partial charge in [-0.2, -0.15) is 0 Å². The van der Waals surface area contributed by atoms with Crippen LogP contribution in [0.25, 0.3) is 0 Å². The largest absolute Gasteiger partial charge is 0.478 e. The molecule has 2 N–H and O–H groups in total. The van der Waals surface area contributed by atoms with Gasteiger partial charge in [-0.3, -0.25) is 14.6 Å². The molecule has 1 saturated heterocycles. The highest BCUT2D eigenvalue weighted by Crippen LogP contribution is 2.23. The SMILES string of the molecule is CN(CC(=O)Nc1ccc(Oc2ccccc2)cc1)C[C@@H]1CCN(Cc2ccccc2C(=O)O)C1. The van der Waals surface area contributed by atoms with E-state index in [1.807, 2.05) is 78.7 Å². The average molecular weight is 474 g/mol. The first-order valence-corrected chi connectivity index (χ1v) is 11.8. The summed E-state index contributed by atoms with van der Waals surface area (Å²) in [5.74, 6) is 0.972. The Morgan fingerprint density at radius 2 is 1.69 bits per heavy atom. The van der Waals surface area contributed by atoms with Crippen molar-refractivity contribution in [3.63, 3.8) is 0 Å². The molecule has 7 nitrogen and oxygen atoms in total. The fourth-order valence-corrected chi connectivity index (χ4v) is 4.50. The fourth-order valence-electron chi connectivity index (χ4n) is 4.50. The van der Waals surface area contributed by atoms with Gasteiger partial charge in [-0.05, 0) is 74.0 Å². The Labute approximate surface area is 205 Å². The van der Waals surface area contributed by atoms with Crippen molar-refractivity contribution < 1.29 is 19.4 Å². The second kappa shape index (κ2) is 11.6. The quantitative estimate of drug-likeness (QED) is 0.449. The highest BCUT2D eigenvalue weighted by molar-refractivity contribution is 5.92. The third-order valence-corrected chi connectivity index (χ3v) is 6.11. The highest BCUT2D eigenvalue weighted by Gasteiger charge is 2.25. The van der Waals surface area contributed by atoms with E-state index in [-0.39, 0.29) is 5.91 Å². The summed E-state index contributed by atoms with van der Waals surface area (Å²) in [6, 6.07) is 24.1. The number of carbonyl (C=O) groups is 2. The van der Waals surface area contributed by atoms with Crippen molar-refractivity contribution in [3.05, 3.63) is 90.0 Å². The van der Waals surface area contributed by atoms with E-state index in [9.17, 15) is 14.7 Å². The number of nitrogens with zero attached hydrogens (tertiary/aromatic N) is 2. The fraction of sp³-hybridized carbons (Fsp3) is 0.286. The molecule has 0 aromatic heterocycles. The summed E-state index contributed by atoms with van der Waals surface area (Å²) in [4.78, 5) is 28.3. The number of hydrogen-bond donors (Lipinski definition) is 2. The summed E-state index contributed by atoms with van der Waals surface area (Å²) in [6.07, 6.45) is 1.03. The van der Waals surface area contributed by atoms with E-state index < -0.39 is 5.97 Å². The van der Waals surface area contributed by atoms with Crippen LogP contribution >= 0.6 is 0 Å². The van der Waals surface area contributed by atoms with Crippen molar-refractivity contribution in [2.75, 3.05) is 38.5 Å². The summed E-state index contributed by atoms with van der Waals surface area (Å²) in [5, 5.41) is 12.3. The first-order valence-electron chi connectivity index (χ1n) is 11.8. The number of likely N-dealkylation sites (N-methyl/N-ethyl adjacent to an activating group) is 1. The standard InChI is InChI=1S/C28H31N3O4/c1-30(17-21-15-16-31(18-21)19-22-7-5-6-10-26(22)28(33)34)20-27(32)29-23-11-13-25(14-12-23)35-24-8-3-2-4-9-24/h2-14,21H,15-20H2,1H3,(H,29,32)(H,33,34)/t21-/m0/s1. The third kappa shape index (κ3) is 7.15. The lowest BCUT2D eigenvalue weighted by Crippen LogP contribution is -2.34. The number of carboxylic acid groups (broad SMARTS) is 1. The van der Waals surface area contributed by atoms with Crippen LogP contribution < -0.4 is 10.1 Å². The van der Waals surface area contributed by atoms with E-state index in [4.69, 9.17) is 4.74 Å². The molecule has 3 aromatic rings. The number of ether oxygens (including phenoxy) is 1. The zero-order valence-corrected chi connectivity index (χ0v) is 19.9. The number of likely N-dealkylation sites (tertiary alicyclic amines) is 1. The Morgan fingerprint density at radius 1 is 1.00 bits per heavy atom. The van der Waals surface area contributed by atoms with Gasteiger partial charge in [-0.1, -0.05) is 36.4 Å². The minimum absolute atomic E-state index is 0.0607. The number of hydrogen-bond acceptors (Lipinski definition) is 5. The Kier molecular flexibility index (Phi) is 8.13. The Hall–Kier alpha value is -3.68. The van der Waals surface area contributed by atoms with E-state index in [1.165, 1.54) is 0 Å². The van der Waals surface area contributed by atoms with Crippen LogP contribution in [0.2, 0.25) is 0 Å². The molecular weight excluding hydrogens is 442 g/mol. The molecule has 3 aromatic carbocycles. The van der Waals surface area contributed by atoms with E-state index in [0.29, 0.717) is 30.3 Å². The van der Waals surface area contributed by atoms with Crippen LogP contribution in [0.3, 0.4) is 0 Å². The van der Waals surface area contributed by atoms with Crippen LogP contribution in [-0.2, 0) is 11.3 Å². The highest BCUT2D eigenvalue weighted by atomic mass is 16.5. The van der Waals surface area contributed by atoms with Gasteiger partial charge in [-0.25, -0.2) is 4.79 Å². The van der Waals surface area contributed by atoms with Gasteiger partial charge in [0.25, 0.3) is 0 Å². The molecule has 1 fully saturated rings. The number of rotatable bonds is 10. The number of aromatic carboxylic acids is 1. The zero-order valence-electron chi connectivity index (χ0n) is 19.9. The predicted molar refractivity (Wildman–Crippen MR) is 136 cm³/mol. The van der Waals surface area contributed by atoms with Crippen molar-refractivity contribution >= 4 is 17.6 Å². The van der Waals surface area contributed by atoms with Crippen LogP contribution in [0.4, 0.5) is 5.69 Å². The molecule has 0 radical (unpaired) electrons. The van der Waals surface area contributed by atoms with Crippen molar-refractivity contribution in [1.82, 2.24) is 9.80 Å². The van der Waals surface area contributed by atoms with Crippen molar-refractivity contribution in [1.29, 1.82) is 0 Å². The maximum atomic E-state index is 12.5. The van der Waals surface area contributed by atoms with Crippen molar-refractivity contribution in [2.24, 2.45) is 5.92 Å². The molecule has 1 aliphatic heterocycles. The Morgan fingerprint density at radius 3 is 2.43 bits per heavy atom. The molecule has 0 spiro atoms. The van der Waals surface area contributed by atoms with Gasteiger partial charge in [-0.15, -0.1) is 0 Å². The summed E-state index contributed by atoms with van der Waals surface area (Å²) >= 11 is 0. The normalized spacial score (nSPS) is 15.8. The lowest BCUT2D eigenvalue weighted by Gasteiger charge is -2.21. The van der Waals surface area contributed by atoms with Gasteiger partial charge in [0.15, 0.2) is 0 Å². The molecule has 4 rings (SSSR count). The predicted octanol–water partition coefficient (Wildman–Crippen LogP) is 4.57. The third-order valence-electron chi connectivity index (χ3n) is 6.11. The lowest BCUT2D eigenvalue weighted by molar-refractivity contribution is -0.117. The summed E-state index contributed by atoms with van der Waals surface area (Å²) in [6.45, 7) is 3.57. The first kappa shape index (κ1) is 24.4. The second-order valence-electron chi connectivity index (χ2n) is 9.04. The van der Waals surface area contributed by atoms with Crippen LogP contribution in [0.5, 0.6) is 11.5 Å². The van der Waals surface area contributed by atoms with Crippen molar-refractivity contribution in [3.8, 4) is 11.5 Å². The van der Waals surface area contributed by atoms with Crippen molar-refractivity contribution in [2.45, 2.75) is 13.0 Å². The van der Waals surface area contributed by atoms with Gasteiger partial charge in [0.1, 0.15) is 11.5 Å². The first-order chi connectivity index (χ1) is 17.0. The molecule has 0 unspecified atom stereocenters. The molecule has 7 heteroatoms. The number of benzene rings is 3. The summed E-state index contributed by atoms with van der Waals surface area (Å²) in [5.41, 5.74) is 1.94. The van der Waals surface area contributed by atoms with Gasteiger partial charge in [0, 0.05) is 25.3 Å². The molecule has 1 amide bonds. The molecule has 182 valence electrons. The molecule has 1 atom stereocenters. The maximum absolute atomic E-state index is 12.5. The van der Waals surface area contributed by atoms with Crippen LogP contribution in [0.15, 0.2) is 78.9 Å². The van der Waals surface area contributed by atoms with Gasteiger partial charge in [0.05, 0.1) is 12.1 Å². The number of amides is 1. The summed E-state index contributed by atoms with van der Waals surface area (Å²) in [7, 11) is 1.96. The van der Waals surface area contributed by atoms with Crippen LogP contribution in [0, 0.1) is 5.92 Å². The smallest absolute Gasteiger partial charge is 0.336 e. The number of anilines is 1. The van der Waals surface area contributed by atoms with Crippen LogP contribution in [0.1, 0.15) is 22.3 Å². The van der Waals surface area contributed by atoms with Gasteiger partial charge >= 0.3 is 5.97 Å². The second-order valence-corrected chi connectivity index (χ2v) is 9.04. The van der Waals surface area contributed by atoms with Gasteiger partial charge < -0.3 is 15.2 Å². The number of carbonyl (C=O) groups excluding carboxylic acids is 1. The summed E-state index contributed by atoms with van der Waals surface area (Å²) < 4.78 is 5.79. The molecule has 0 aliphatic carbocycles. The van der Waals surface area contributed by atoms with E-state index in [2.05, 4.69) is 10.2 Å². The molecular formula is C28H31N3O4. The topological polar surface area (TPSA) is 82.1 Å². The van der Waals surface area contributed by atoms with E-state index in [0.717, 1.165) is 43.1 Å².